The van der Waals surface area contributed by atoms with E-state index in [1.54, 1.807) is 12.1 Å². The van der Waals surface area contributed by atoms with Gasteiger partial charge in [0.05, 0.1) is 18.8 Å². The van der Waals surface area contributed by atoms with Gasteiger partial charge in [0.25, 0.3) is 0 Å². The van der Waals surface area contributed by atoms with Crippen LogP contribution in [0.4, 0.5) is 0 Å². The Bertz CT molecular complexity index is 395. The monoisotopic (exact) mass is 296 g/mol. The van der Waals surface area contributed by atoms with E-state index in [-0.39, 0.29) is 11.5 Å². The van der Waals surface area contributed by atoms with E-state index in [0.29, 0.717) is 25.2 Å². The van der Waals surface area contributed by atoms with Crippen molar-refractivity contribution in [3.63, 3.8) is 0 Å². The summed E-state index contributed by atoms with van der Waals surface area (Å²) in [4.78, 5) is 0. The average molecular weight is 296 g/mol. The van der Waals surface area contributed by atoms with Gasteiger partial charge in [-0.2, -0.15) is 0 Å². The number of phenols is 2. The van der Waals surface area contributed by atoms with Crippen molar-refractivity contribution >= 4 is 0 Å². The van der Waals surface area contributed by atoms with Crippen molar-refractivity contribution < 1.29 is 19.7 Å². The largest absolute Gasteiger partial charge is 0.504 e. The van der Waals surface area contributed by atoms with E-state index in [4.69, 9.17) is 9.47 Å². The summed E-state index contributed by atoms with van der Waals surface area (Å²) in [6.45, 7) is 7.26. The first-order valence-corrected chi connectivity index (χ1v) is 7.90. The Hall–Kier alpha value is -1.26. The molecule has 0 amide bonds. The smallest absolute Gasteiger partial charge is 0.198 e. The number of hydrogen-bond acceptors (Lipinski definition) is 4. The molecule has 0 aliphatic carbocycles. The maximum Gasteiger partial charge on any atom is 0.198 e. The van der Waals surface area contributed by atoms with Crippen molar-refractivity contribution in [3.8, 4) is 11.5 Å². The van der Waals surface area contributed by atoms with Crippen molar-refractivity contribution in [1.29, 1.82) is 0 Å². The first-order chi connectivity index (χ1) is 10.1. The first kappa shape index (κ1) is 17.8. The molecule has 4 nitrogen and oxygen atoms in total. The van der Waals surface area contributed by atoms with Crippen molar-refractivity contribution in [2.24, 2.45) is 0 Å². The quantitative estimate of drug-likeness (QED) is 0.499. The molecule has 21 heavy (non-hydrogen) atoms. The standard InChI is InChI=1S/C17H28O4/c1-4-7-11-17(20-12-5-2,21-13-6-3)14-9-8-10-15(18)16(14)19/h8-10,18-19H,4-7,11-13H2,1-3H3. The van der Waals surface area contributed by atoms with Crippen LogP contribution in [0.1, 0.15) is 58.4 Å². The van der Waals surface area contributed by atoms with E-state index in [9.17, 15) is 10.2 Å². The van der Waals surface area contributed by atoms with Gasteiger partial charge in [-0.05, 0) is 31.4 Å². The molecule has 0 heterocycles. The van der Waals surface area contributed by atoms with Crippen LogP contribution in [-0.2, 0) is 15.3 Å². The van der Waals surface area contributed by atoms with Crippen LogP contribution in [0.5, 0.6) is 11.5 Å². The van der Waals surface area contributed by atoms with Gasteiger partial charge in [0.1, 0.15) is 0 Å². The van der Waals surface area contributed by atoms with Gasteiger partial charge >= 0.3 is 0 Å². The number of rotatable bonds is 10. The molecule has 0 saturated heterocycles. The number of benzene rings is 1. The molecule has 0 atom stereocenters. The van der Waals surface area contributed by atoms with E-state index >= 15 is 0 Å². The minimum absolute atomic E-state index is 0.145. The van der Waals surface area contributed by atoms with Gasteiger partial charge in [-0.15, -0.1) is 0 Å². The van der Waals surface area contributed by atoms with E-state index in [1.807, 2.05) is 13.8 Å². The lowest BCUT2D eigenvalue weighted by atomic mass is 9.97. The third-order valence-corrected chi connectivity index (χ3v) is 3.36. The fraction of sp³-hybridized carbons (Fsp3) is 0.647. The van der Waals surface area contributed by atoms with Crippen LogP contribution in [0.2, 0.25) is 0 Å². The summed E-state index contributed by atoms with van der Waals surface area (Å²) in [6, 6.07) is 4.93. The molecule has 0 aliphatic heterocycles. The zero-order chi connectivity index (χ0) is 15.7. The number of unbranched alkanes of at least 4 members (excludes halogenated alkanes) is 1. The predicted octanol–water partition coefficient (Wildman–Crippen LogP) is 4.29. The molecular weight excluding hydrogens is 268 g/mol. The lowest BCUT2D eigenvalue weighted by molar-refractivity contribution is -0.252. The molecular formula is C17H28O4. The normalized spacial score (nSPS) is 11.8. The lowest BCUT2D eigenvalue weighted by Crippen LogP contribution is -2.34. The van der Waals surface area contributed by atoms with Gasteiger partial charge in [-0.1, -0.05) is 33.3 Å². The van der Waals surface area contributed by atoms with Gasteiger partial charge in [-0.3, -0.25) is 0 Å². The molecule has 1 rings (SSSR count). The van der Waals surface area contributed by atoms with Gasteiger partial charge in [0, 0.05) is 6.42 Å². The van der Waals surface area contributed by atoms with Crippen LogP contribution in [0.25, 0.3) is 0 Å². The maximum absolute atomic E-state index is 10.2. The molecule has 0 aliphatic rings. The lowest BCUT2D eigenvalue weighted by Gasteiger charge is -2.35. The van der Waals surface area contributed by atoms with Crippen LogP contribution in [0, 0.1) is 0 Å². The Morgan fingerprint density at radius 1 is 0.952 bits per heavy atom. The zero-order valence-corrected chi connectivity index (χ0v) is 13.4. The van der Waals surface area contributed by atoms with Crippen molar-refractivity contribution in [3.05, 3.63) is 23.8 Å². The topological polar surface area (TPSA) is 58.9 Å². The molecule has 2 N–H and O–H groups in total. The van der Waals surface area contributed by atoms with Gasteiger partial charge in [0.2, 0.25) is 0 Å². The van der Waals surface area contributed by atoms with Crippen LogP contribution in [-0.4, -0.2) is 23.4 Å². The molecule has 0 saturated carbocycles. The third kappa shape index (κ3) is 4.61. The second-order valence-corrected chi connectivity index (χ2v) is 5.23. The van der Waals surface area contributed by atoms with Crippen LogP contribution in [0.3, 0.4) is 0 Å². The molecule has 0 spiro atoms. The van der Waals surface area contributed by atoms with E-state index in [2.05, 4.69) is 6.92 Å². The predicted molar refractivity (Wildman–Crippen MR) is 83.5 cm³/mol. The fourth-order valence-electron chi connectivity index (χ4n) is 2.26. The molecule has 0 unspecified atom stereocenters. The van der Waals surface area contributed by atoms with E-state index in [0.717, 1.165) is 25.7 Å². The molecule has 4 heteroatoms. The highest BCUT2D eigenvalue weighted by Crippen LogP contribution is 2.42. The first-order valence-electron chi connectivity index (χ1n) is 7.90. The highest BCUT2D eigenvalue weighted by Gasteiger charge is 2.36. The fourth-order valence-corrected chi connectivity index (χ4v) is 2.26. The maximum atomic E-state index is 10.2. The second kappa shape index (κ2) is 8.90. The van der Waals surface area contributed by atoms with E-state index in [1.165, 1.54) is 6.07 Å². The molecule has 1 aromatic carbocycles. The van der Waals surface area contributed by atoms with Crippen molar-refractivity contribution in [2.45, 2.75) is 58.7 Å². The molecule has 0 fully saturated rings. The summed E-state index contributed by atoms with van der Waals surface area (Å²) in [6.07, 6.45) is 4.31. The summed E-state index contributed by atoms with van der Waals surface area (Å²) in [7, 11) is 0. The SMILES string of the molecule is CCCCC(OCCC)(OCCC)c1cccc(O)c1O. The minimum Gasteiger partial charge on any atom is -0.504 e. The molecule has 0 bridgehead atoms. The molecule has 0 aromatic heterocycles. The van der Waals surface area contributed by atoms with Gasteiger partial charge in [0.15, 0.2) is 17.3 Å². The zero-order valence-electron chi connectivity index (χ0n) is 13.4. The molecule has 120 valence electrons. The summed E-state index contributed by atoms with van der Waals surface area (Å²) in [5.74, 6) is -1.28. The molecule has 1 aromatic rings. The Morgan fingerprint density at radius 2 is 1.57 bits per heavy atom. The van der Waals surface area contributed by atoms with E-state index < -0.39 is 5.79 Å². The number of hydrogen-bond donors (Lipinski definition) is 2. The van der Waals surface area contributed by atoms with Crippen LogP contribution in [0.15, 0.2) is 18.2 Å². The van der Waals surface area contributed by atoms with Gasteiger partial charge < -0.3 is 19.7 Å². The Morgan fingerprint density at radius 3 is 2.10 bits per heavy atom. The summed E-state index contributed by atoms with van der Waals surface area (Å²) in [5.41, 5.74) is 0.512. The Balaban J connectivity index is 3.19. The van der Waals surface area contributed by atoms with Crippen LogP contribution < -0.4 is 0 Å². The third-order valence-electron chi connectivity index (χ3n) is 3.36. The summed E-state index contributed by atoms with van der Waals surface area (Å²) < 4.78 is 12.0. The number of aromatic hydroxyl groups is 2. The average Bonchev–Trinajstić information content (AvgIpc) is 2.50. The number of ether oxygens (including phenoxy) is 2. The summed E-state index contributed by atoms with van der Waals surface area (Å²) in [5, 5.41) is 20.0. The number of para-hydroxylation sites is 1. The Kier molecular flexibility index (Phi) is 7.54. The number of phenolic OH excluding ortho intramolecular Hbond substituents is 2. The highest BCUT2D eigenvalue weighted by atomic mass is 16.7. The molecule has 0 radical (unpaired) electrons. The van der Waals surface area contributed by atoms with Crippen molar-refractivity contribution in [2.75, 3.05) is 13.2 Å². The highest BCUT2D eigenvalue weighted by molar-refractivity contribution is 5.46. The Labute approximate surface area is 127 Å². The van der Waals surface area contributed by atoms with Gasteiger partial charge in [-0.25, -0.2) is 0 Å². The van der Waals surface area contributed by atoms with Crippen LogP contribution >= 0.6 is 0 Å². The minimum atomic E-state index is -0.981. The van der Waals surface area contributed by atoms with Crippen molar-refractivity contribution in [1.82, 2.24) is 0 Å². The summed E-state index contributed by atoms with van der Waals surface area (Å²) >= 11 is 0. The second-order valence-electron chi connectivity index (χ2n) is 5.23.